The van der Waals surface area contributed by atoms with Gasteiger partial charge in [0.1, 0.15) is 0 Å². The van der Waals surface area contributed by atoms with E-state index >= 15 is 0 Å². The summed E-state index contributed by atoms with van der Waals surface area (Å²) in [6.45, 7) is 7.54. The van der Waals surface area contributed by atoms with Crippen LogP contribution in [0, 0.1) is 0 Å². The summed E-state index contributed by atoms with van der Waals surface area (Å²) in [5.74, 6) is 0. The van der Waals surface area contributed by atoms with E-state index in [1.165, 1.54) is 13.2 Å². The SMILES string of the molecule is C=C(Cl)C=C1C(C)=C(S(=O)(=O)N(C)C(CC)CBr)SI1C. The summed E-state index contributed by atoms with van der Waals surface area (Å²) in [6.07, 6.45) is 2.59. The zero-order valence-corrected chi connectivity index (χ0v) is 18.6. The second-order valence-electron chi connectivity index (χ2n) is 4.59. The van der Waals surface area contributed by atoms with Crippen LogP contribution in [-0.4, -0.2) is 36.1 Å². The maximum absolute atomic E-state index is 12.8. The molecule has 0 aromatic rings. The first-order valence-corrected chi connectivity index (χ1v) is 15.8. The predicted octanol–water partition coefficient (Wildman–Crippen LogP) is 5.09. The minimum atomic E-state index is -3.44. The van der Waals surface area contributed by atoms with Gasteiger partial charge in [-0.15, -0.1) is 0 Å². The van der Waals surface area contributed by atoms with Gasteiger partial charge in [-0.05, 0) is 0 Å². The Bertz CT molecular complexity index is 585. The van der Waals surface area contributed by atoms with Gasteiger partial charge in [-0.25, -0.2) is 0 Å². The Morgan fingerprint density at radius 1 is 1.62 bits per heavy atom. The van der Waals surface area contributed by atoms with E-state index in [0.717, 1.165) is 15.6 Å². The van der Waals surface area contributed by atoms with Crippen LogP contribution >= 0.6 is 54.9 Å². The fourth-order valence-electron chi connectivity index (χ4n) is 1.85. The molecule has 0 fully saturated rings. The van der Waals surface area contributed by atoms with Crippen LogP contribution in [0.1, 0.15) is 20.3 Å². The average molecular weight is 529 g/mol. The summed E-state index contributed by atoms with van der Waals surface area (Å²) in [7, 11) is -0.266. The van der Waals surface area contributed by atoms with Crippen molar-refractivity contribution in [1.82, 2.24) is 4.31 Å². The molecule has 0 saturated heterocycles. The first kappa shape index (κ1) is 20.0. The summed E-state index contributed by atoms with van der Waals surface area (Å²) in [4.78, 5) is 2.13. The molecule has 21 heavy (non-hydrogen) atoms. The molecule has 1 aliphatic rings. The van der Waals surface area contributed by atoms with E-state index in [2.05, 4.69) is 27.4 Å². The van der Waals surface area contributed by atoms with E-state index < -0.39 is 28.5 Å². The normalized spacial score (nSPS) is 21.5. The number of allylic oxidation sites excluding steroid dienone is 4. The van der Waals surface area contributed by atoms with E-state index in [1.54, 1.807) is 7.05 Å². The zero-order valence-electron chi connectivity index (χ0n) is 12.5. The topological polar surface area (TPSA) is 37.4 Å². The molecule has 1 unspecified atom stereocenters. The van der Waals surface area contributed by atoms with Crippen molar-refractivity contribution < 1.29 is 8.42 Å². The third-order valence-corrected chi connectivity index (χ3v) is 15.5. The number of halogens is 3. The summed E-state index contributed by atoms with van der Waals surface area (Å²) in [6, 6.07) is -0.0361. The maximum atomic E-state index is 12.8. The molecule has 0 radical (unpaired) electrons. The minimum absolute atomic E-state index is 0.0361. The average Bonchev–Trinajstić information content (AvgIpc) is 2.68. The van der Waals surface area contributed by atoms with Gasteiger partial charge in [0.25, 0.3) is 0 Å². The van der Waals surface area contributed by atoms with E-state index in [-0.39, 0.29) is 6.04 Å². The Morgan fingerprint density at radius 3 is 2.62 bits per heavy atom. The van der Waals surface area contributed by atoms with Crippen molar-refractivity contribution in [2.45, 2.75) is 26.3 Å². The predicted molar refractivity (Wildman–Crippen MR) is 108 cm³/mol. The van der Waals surface area contributed by atoms with Crippen LogP contribution in [-0.2, 0) is 10.0 Å². The Morgan fingerprint density at radius 2 is 2.19 bits per heavy atom. The number of rotatable bonds is 6. The molecule has 1 atom stereocenters. The first-order valence-electron chi connectivity index (χ1n) is 6.26. The number of sulfonamides is 1. The molecule has 1 aliphatic heterocycles. The summed E-state index contributed by atoms with van der Waals surface area (Å²) in [5.41, 5.74) is 0.839. The Balaban J connectivity index is 3.26. The summed E-state index contributed by atoms with van der Waals surface area (Å²) < 4.78 is 28.8. The van der Waals surface area contributed by atoms with Gasteiger partial charge in [0, 0.05) is 0 Å². The number of hydrogen-bond donors (Lipinski definition) is 0. The van der Waals surface area contributed by atoms with Crippen LogP contribution in [0.5, 0.6) is 0 Å². The van der Waals surface area contributed by atoms with Crippen LogP contribution in [0.3, 0.4) is 0 Å². The molecule has 0 N–H and O–H groups in total. The monoisotopic (exact) mass is 527 g/mol. The van der Waals surface area contributed by atoms with Gasteiger partial charge in [-0.2, -0.15) is 0 Å². The van der Waals surface area contributed by atoms with Crippen LogP contribution in [0.15, 0.2) is 31.1 Å². The number of nitrogens with zero attached hydrogens (tertiary/aromatic N) is 1. The van der Waals surface area contributed by atoms with Crippen molar-refractivity contribution in [3.05, 3.63) is 31.1 Å². The molecule has 0 aromatic carbocycles. The molecule has 122 valence electrons. The standard InChI is InChI=1S/C13H20BrClINO2S2/c1-6-11(8-14)17(5)21(18,19)13-10(3)12(7-9(2)15)16(4)20-13/h7,11H,2,6,8H2,1,3-5H3. The van der Waals surface area contributed by atoms with Gasteiger partial charge in [-0.1, -0.05) is 0 Å². The van der Waals surface area contributed by atoms with E-state index in [0.29, 0.717) is 14.6 Å². The molecule has 0 aliphatic carbocycles. The fraction of sp³-hybridized carbons (Fsp3) is 0.538. The molecule has 0 spiro atoms. The van der Waals surface area contributed by atoms with Crippen molar-refractivity contribution in [2.24, 2.45) is 0 Å². The second kappa shape index (κ2) is 8.19. The van der Waals surface area contributed by atoms with E-state index in [9.17, 15) is 8.42 Å². The van der Waals surface area contributed by atoms with Crippen molar-refractivity contribution in [2.75, 3.05) is 17.3 Å². The third-order valence-electron chi connectivity index (χ3n) is 3.20. The Kier molecular flexibility index (Phi) is 7.81. The quantitative estimate of drug-likeness (QED) is 0.356. The molecule has 1 heterocycles. The van der Waals surface area contributed by atoms with Crippen molar-refractivity contribution in [3.63, 3.8) is 0 Å². The molecule has 8 heteroatoms. The van der Waals surface area contributed by atoms with E-state index in [4.69, 9.17) is 11.6 Å². The molecule has 3 nitrogen and oxygen atoms in total. The van der Waals surface area contributed by atoms with Crippen LogP contribution in [0.4, 0.5) is 0 Å². The number of alkyl halides is 2. The van der Waals surface area contributed by atoms with Crippen molar-refractivity contribution in [1.29, 1.82) is 0 Å². The van der Waals surface area contributed by atoms with Gasteiger partial charge in [0.15, 0.2) is 0 Å². The molecule has 0 saturated carbocycles. The van der Waals surface area contributed by atoms with Crippen LogP contribution < -0.4 is 0 Å². The fourth-order valence-corrected chi connectivity index (χ4v) is 16.9. The van der Waals surface area contributed by atoms with Gasteiger partial charge in [0.2, 0.25) is 0 Å². The van der Waals surface area contributed by atoms with Crippen molar-refractivity contribution in [3.8, 4) is 0 Å². The third kappa shape index (κ3) is 4.50. The van der Waals surface area contributed by atoms with Crippen LogP contribution in [0.25, 0.3) is 0 Å². The van der Waals surface area contributed by atoms with Crippen LogP contribution in [0.2, 0.25) is 0 Å². The second-order valence-corrected chi connectivity index (χ2v) is 16.5. The summed E-state index contributed by atoms with van der Waals surface area (Å²) >= 11 is 7.68. The Labute approximate surface area is 151 Å². The Hall–Kier alpha value is 0.980. The molecule has 1 rings (SSSR count). The summed E-state index contributed by atoms with van der Waals surface area (Å²) in [5, 5.41) is 1.08. The number of hydrogen-bond acceptors (Lipinski definition) is 3. The van der Waals surface area contributed by atoms with Gasteiger partial charge >= 0.3 is 152 Å². The zero-order chi connectivity index (χ0) is 16.4. The molecule has 0 amide bonds. The molecular weight excluding hydrogens is 509 g/mol. The first-order chi connectivity index (χ1) is 9.66. The van der Waals surface area contributed by atoms with Gasteiger partial charge in [0.05, 0.1) is 0 Å². The molecular formula is C13H20BrClINO2S2. The van der Waals surface area contributed by atoms with Gasteiger partial charge in [-0.3, -0.25) is 0 Å². The molecule has 0 aromatic heterocycles. The van der Waals surface area contributed by atoms with Gasteiger partial charge < -0.3 is 0 Å². The van der Waals surface area contributed by atoms with Crippen molar-refractivity contribution >= 4 is 64.9 Å². The van der Waals surface area contributed by atoms with E-state index in [1.807, 2.05) is 19.9 Å². The molecule has 0 bridgehead atoms.